The zero-order valence-electron chi connectivity index (χ0n) is 12.8. The van der Waals surface area contributed by atoms with Crippen molar-refractivity contribution in [3.05, 3.63) is 29.8 Å². The van der Waals surface area contributed by atoms with Crippen LogP contribution >= 0.6 is 0 Å². The summed E-state index contributed by atoms with van der Waals surface area (Å²) >= 11 is 0. The molecule has 116 valence electrons. The van der Waals surface area contributed by atoms with Gasteiger partial charge in [0.1, 0.15) is 0 Å². The van der Waals surface area contributed by atoms with Gasteiger partial charge in [-0.3, -0.25) is 0 Å². The smallest absolute Gasteiger partial charge is 0.208 e. The molecule has 0 amide bonds. The highest BCUT2D eigenvalue weighted by Crippen LogP contribution is 2.14. The Morgan fingerprint density at radius 2 is 1.81 bits per heavy atom. The Bertz CT molecular complexity index is 559. The number of hydrogen-bond acceptors (Lipinski definition) is 3. The largest absolute Gasteiger partial charge is 0.240 e. The van der Waals surface area contributed by atoms with Crippen molar-refractivity contribution in [2.45, 2.75) is 63.3 Å². The molecule has 1 aromatic carbocycles. The molecule has 0 fully saturated rings. The van der Waals surface area contributed by atoms with Crippen LogP contribution in [-0.4, -0.2) is 14.5 Å². The first kappa shape index (κ1) is 17.7. The second-order valence-corrected chi connectivity index (χ2v) is 6.94. The molecule has 1 rings (SSSR count). The maximum absolute atomic E-state index is 12.4. The van der Waals surface area contributed by atoms with Gasteiger partial charge in [-0.1, -0.05) is 45.2 Å². The normalized spacial score (nSPS) is 12.8. The third-order valence-electron chi connectivity index (χ3n) is 3.38. The van der Waals surface area contributed by atoms with Gasteiger partial charge in [-0.25, -0.2) is 13.1 Å². The van der Waals surface area contributed by atoms with Crippen molar-refractivity contribution in [2.24, 2.45) is 0 Å². The third kappa shape index (κ3) is 5.86. The molecule has 0 radical (unpaired) electrons. The number of rotatable bonds is 9. The van der Waals surface area contributed by atoms with Crippen molar-refractivity contribution < 1.29 is 8.42 Å². The molecule has 0 saturated heterocycles. The van der Waals surface area contributed by atoms with Crippen molar-refractivity contribution in [1.82, 2.24) is 4.72 Å². The first-order chi connectivity index (χ1) is 10.0. The highest BCUT2D eigenvalue weighted by Gasteiger charge is 2.19. The minimum absolute atomic E-state index is 0.00117. The Morgan fingerprint density at radius 3 is 2.33 bits per heavy atom. The molecule has 1 aromatic rings. The van der Waals surface area contributed by atoms with Gasteiger partial charge in [0.2, 0.25) is 10.0 Å². The van der Waals surface area contributed by atoms with Gasteiger partial charge >= 0.3 is 0 Å². The number of benzene rings is 1. The Balaban J connectivity index is 2.80. The molecule has 0 spiro atoms. The summed E-state index contributed by atoms with van der Waals surface area (Å²) in [7, 11) is -3.48. The van der Waals surface area contributed by atoms with Gasteiger partial charge in [0.15, 0.2) is 0 Å². The summed E-state index contributed by atoms with van der Waals surface area (Å²) in [6, 6.07) is 8.57. The monoisotopic (exact) mass is 308 g/mol. The molecule has 1 atom stereocenters. The summed E-state index contributed by atoms with van der Waals surface area (Å²) in [4.78, 5) is 0.266. The van der Waals surface area contributed by atoms with Crippen LogP contribution in [0.4, 0.5) is 0 Å². The van der Waals surface area contributed by atoms with Crippen molar-refractivity contribution in [2.75, 3.05) is 0 Å². The summed E-state index contributed by atoms with van der Waals surface area (Å²) in [5.41, 5.74) is 0.826. The van der Waals surface area contributed by atoms with Crippen molar-refractivity contribution >= 4 is 10.0 Å². The number of unbranched alkanes of at least 4 members (excludes halogenated alkanes) is 1. The molecule has 0 aliphatic carbocycles. The van der Waals surface area contributed by atoms with Crippen LogP contribution in [0.1, 0.15) is 51.5 Å². The van der Waals surface area contributed by atoms with Crippen LogP contribution in [0.15, 0.2) is 29.2 Å². The number of nitriles is 1. The lowest BCUT2D eigenvalue weighted by Crippen LogP contribution is -2.34. The third-order valence-corrected chi connectivity index (χ3v) is 4.92. The van der Waals surface area contributed by atoms with Gasteiger partial charge in [-0.15, -0.1) is 0 Å². The molecular weight excluding hydrogens is 284 g/mol. The van der Waals surface area contributed by atoms with Gasteiger partial charge in [0.25, 0.3) is 0 Å². The minimum atomic E-state index is -3.48. The van der Waals surface area contributed by atoms with E-state index in [9.17, 15) is 8.42 Å². The van der Waals surface area contributed by atoms with Crippen LogP contribution in [0, 0.1) is 11.3 Å². The molecule has 1 N–H and O–H groups in total. The van der Waals surface area contributed by atoms with Crippen molar-refractivity contribution in [3.63, 3.8) is 0 Å². The van der Waals surface area contributed by atoms with E-state index in [0.717, 1.165) is 37.7 Å². The van der Waals surface area contributed by atoms with E-state index in [1.807, 2.05) is 6.07 Å². The van der Waals surface area contributed by atoms with E-state index in [0.29, 0.717) is 6.42 Å². The number of nitrogens with zero attached hydrogens (tertiary/aromatic N) is 1. The number of hydrogen-bond donors (Lipinski definition) is 1. The van der Waals surface area contributed by atoms with E-state index in [4.69, 9.17) is 5.26 Å². The molecule has 4 nitrogen and oxygen atoms in total. The minimum Gasteiger partial charge on any atom is -0.208 e. The standard InChI is InChI=1S/C16H24N2O2S/c1-3-5-7-15(6-4-2)18-21(19,20)16-10-8-14(9-11-16)12-13-17/h8-11,15,18H,3-7,12H2,1-2H3. The predicted octanol–water partition coefficient (Wildman–Crippen LogP) is 3.39. The molecule has 0 aromatic heterocycles. The van der Waals surface area contributed by atoms with E-state index in [1.165, 1.54) is 0 Å². The van der Waals surface area contributed by atoms with Crippen LogP contribution in [0.5, 0.6) is 0 Å². The summed E-state index contributed by atoms with van der Waals surface area (Å²) < 4.78 is 27.6. The maximum Gasteiger partial charge on any atom is 0.240 e. The second kappa shape index (κ2) is 8.81. The Hall–Kier alpha value is -1.38. The van der Waals surface area contributed by atoms with Crippen LogP contribution in [0.25, 0.3) is 0 Å². The van der Waals surface area contributed by atoms with E-state index >= 15 is 0 Å². The lowest BCUT2D eigenvalue weighted by Gasteiger charge is -2.18. The van der Waals surface area contributed by atoms with Gasteiger partial charge in [-0.2, -0.15) is 5.26 Å². The first-order valence-electron chi connectivity index (χ1n) is 7.51. The van der Waals surface area contributed by atoms with Gasteiger partial charge in [0, 0.05) is 6.04 Å². The molecule has 0 heterocycles. The number of sulfonamides is 1. The number of nitrogens with one attached hydrogen (secondary N) is 1. The quantitative estimate of drug-likeness (QED) is 0.760. The second-order valence-electron chi connectivity index (χ2n) is 5.23. The summed E-state index contributed by atoms with van der Waals surface area (Å²) in [6.07, 6.45) is 5.06. The maximum atomic E-state index is 12.4. The SMILES string of the molecule is CCCCC(CCC)NS(=O)(=O)c1ccc(CC#N)cc1. The fourth-order valence-corrected chi connectivity index (χ4v) is 3.53. The van der Waals surface area contributed by atoms with E-state index in [-0.39, 0.29) is 10.9 Å². The van der Waals surface area contributed by atoms with Gasteiger partial charge in [0.05, 0.1) is 17.4 Å². The fourth-order valence-electron chi connectivity index (χ4n) is 2.23. The van der Waals surface area contributed by atoms with Crippen LogP contribution in [0.2, 0.25) is 0 Å². The van der Waals surface area contributed by atoms with Gasteiger partial charge in [-0.05, 0) is 30.5 Å². The van der Waals surface area contributed by atoms with Crippen molar-refractivity contribution in [3.8, 4) is 6.07 Å². The van der Waals surface area contributed by atoms with Crippen LogP contribution in [-0.2, 0) is 16.4 Å². The molecule has 0 bridgehead atoms. The summed E-state index contributed by atoms with van der Waals surface area (Å²) in [6.45, 7) is 4.16. The molecule has 0 aliphatic rings. The molecule has 21 heavy (non-hydrogen) atoms. The lowest BCUT2D eigenvalue weighted by atomic mass is 10.1. The molecule has 0 saturated carbocycles. The average molecular weight is 308 g/mol. The van der Waals surface area contributed by atoms with E-state index in [2.05, 4.69) is 18.6 Å². The molecular formula is C16H24N2O2S. The zero-order valence-corrected chi connectivity index (χ0v) is 13.6. The highest BCUT2D eigenvalue weighted by atomic mass is 32.2. The fraction of sp³-hybridized carbons (Fsp3) is 0.562. The Morgan fingerprint density at radius 1 is 1.14 bits per heavy atom. The zero-order chi connectivity index (χ0) is 15.7. The Labute approximate surface area is 128 Å². The molecule has 0 aliphatic heterocycles. The van der Waals surface area contributed by atoms with E-state index < -0.39 is 10.0 Å². The summed E-state index contributed by atoms with van der Waals surface area (Å²) in [5.74, 6) is 0. The summed E-state index contributed by atoms with van der Waals surface area (Å²) in [5, 5.41) is 8.63. The highest BCUT2D eigenvalue weighted by molar-refractivity contribution is 7.89. The predicted molar refractivity (Wildman–Crippen MR) is 84.3 cm³/mol. The molecule has 5 heteroatoms. The van der Waals surface area contributed by atoms with Gasteiger partial charge < -0.3 is 0 Å². The molecule has 1 unspecified atom stereocenters. The van der Waals surface area contributed by atoms with Crippen LogP contribution < -0.4 is 4.72 Å². The Kier molecular flexibility index (Phi) is 7.41. The first-order valence-corrected chi connectivity index (χ1v) is 9.00. The average Bonchev–Trinajstić information content (AvgIpc) is 2.46. The van der Waals surface area contributed by atoms with Crippen molar-refractivity contribution in [1.29, 1.82) is 5.26 Å². The van der Waals surface area contributed by atoms with Crippen LogP contribution in [0.3, 0.4) is 0 Å². The topological polar surface area (TPSA) is 70.0 Å². The van der Waals surface area contributed by atoms with E-state index in [1.54, 1.807) is 24.3 Å². The lowest BCUT2D eigenvalue weighted by molar-refractivity contribution is 0.483.